The van der Waals surface area contributed by atoms with Crippen molar-refractivity contribution in [2.45, 2.75) is 19.9 Å². The second-order valence-corrected chi connectivity index (χ2v) is 8.13. The van der Waals surface area contributed by atoms with Crippen LogP contribution < -0.4 is 5.32 Å². The highest BCUT2D eigenvalue weighted by Gasteiger charge is 2.39. The van der Waals surface area contributed by atoms with Crippen molar-refractivity contribution >= 4 is 46.3 Å². The van der Waals surface area contributed by atoms with E-state index < -0.39 is 0 Å². The predicted octanol–water partition coefficient (Wildman–Crippen LogP) is 5.95. The van der Waals surface area contributed by atoms with Gasteiger partial charge in [-0.2, -0.15) is 0 Å². The van der Waals surface area contributed by atoms with Gasteiger partial charge in [0.1, 0.15) is 5.70 Å². The molecule has 4 rings (SSSR count). The van der Waals surface area contributed by atoms with Gasteiger partial charge in [0, 0.05) is 15.7 Å². The van der Waals surface area contributed by atoms with E-state index >= 15 is 0 Å². The number of hydrogen-bond acceptors (Lipinski definition) is 3. The molecule has 0 unspecified atom stereocenters. The standard InChI is InChI=1S/C25H20Cl2N2O2/c1-2-16-5-13-21(14-6-16)28-23-22(18-7-11-20(27)12-8-18)24(30)29(25(23)31)15-17-3-9-19(26)10-4-17/h3-14,28H,2,15H2,1H3. The van der Waals surface area contributed by atoms with Gasteiger partial charge in [-0.15, -0.1) is 0 Å². The Kier molecular flexibility index (Phi) is 6.12. The topological polar surface area (TPSA) is 49.4 Å². The molecule has 1 aliphatic heterocycles. The molecule has 31 heavy (non-hydrogen) atoms. The van der Waals surface area contributed by atoms with E-state index in [1.807, 2.05) is 24.3 Å². The van der Waals surface area contributed by atoms with Crippen molar-refractivity contribution in [1.82, 2.24) is 4.90 Å². The molecule has 0 saturated heterocycles. The van der Waals surface area contributed by atoms with Crippen molar-refractivity contribution in [2.24, 2.45) is 0 Å². The summed E-state index contributed by atoms with van der Waals surface area (Å²) < 4.78 is 0. The van der Waals surface area contributed by atoms with E-state index in [0.717, 1.165) is 17.7 Å². The fourth-order valence-electron chi connectivity index (χ4n) is 3.46. The molecule has 0 bridgehead atoms. The van der Waals surface area contributed by atoms with Gasteiger partial charge in [-0.25, -0.2) is 0 Å². The summed E-state index contributed by atoms with van der Waals surface area (Å²) in [6.45, 7) is 2.24. The molecule has 0 fully saturated rings. The van der Waals surface area contributed by atoms with Gasteiger partial charge in [0.05, 0.1) is 12.1 Å². The zero-order chi connectivity index (χ0) is 22.0. The van der Waals surface area contributed by atoms with Gasteiger partial charge >= 0.3 is 0 Å². The Balaban J connectivity index is 1.71. The summed E-state index contributed by atoms with van der Waals surface area (Å²) in [6, 6.07) is 21.8. The fourth-order valence-corrected chi connectivity index (χ4v) is 3.71. The normalized spacial score (nSPS) is 13.8. The van der Waals surface area contributed by atoms with Crippen LogP contribution in [0.2, 0.25) is 10.0 Å². The van der Waals surface area contributed by atoms with Crippen LogP contribution in [0.4, 0.5) is 5.69 Å². The minimum atomic E-state index is -0.371. The second-order valence-electron chi connectivity index (χ2n) is 7.26. The van der Waals surface area contributed by atoms with Gasteiger partial charge in [-0.3, -0.25) is 14.5 Å². The number of anilines is 1. The molecule has 0 spiro atoms. The van der Waals surface area contributed by atoms with Gasteiger partial charge in [0.15, 0.2) is 0 Å². The lowest BCUT2D eigenvalue weighted by Crippen LogP contribution is -2.32. The summed E-state index contributed by atoms with van der Waals surface area (Å²) in [6.07, 6.45) is 0.922. The van der Waals surface area contributed by atoms with Crippen LogP contribution in [0.1, 0.15) is 23.6 Å². The summed E-state index contributed by atoms with van der Waals surface area (Å²) in [5.41, 5.74) is 3.97. The number of nitrogens with one attached hydrogen (secondary N) is 1. The highest BCUT2D eigenvalue weighted by atomic mass is 35.5. The van der Waals surface area contributed by atoms with Crippen LogP contribution in [-0.2, 0) is 22.6 Å². The van der Waals surface area contributed by atoms with E-state index in [1.165, 1.54) is 10.5 Å². The number of carbonyl (C=O) groups excluding carboxylic acids is 2. The predicted molar refractivity (Wildman–Crippen MR) is 125 cm³/mol. The van der Waals surface area contributed by atoms with Gasteiger partial charge in [-0.05, 0) is 59.5 Å². The van der Waals surface area contributed by atoms with Crippen LogP contribution in [0.25, 0.3) is 5.57 Å². The van der Waals surface area contributed by atoms with Crippen molar-refractivity contribution in [3.63, 3.8) is 0 Å². The summed E-state index contributed by atoms with van der Waals surface area (Å²) in [4.78, 5) is 27.9. The van der Waals surface area contributed by atoms with Crippen LogP contribution in [0.5, 0.6) is 0 Å². The Morgan fingerprint density at radius 1 is 0.742 bits per heavy atom. The second kappa shape index (κ2) is 8.96. The molecule has 0 radical (unpaired) electrons. The molecule has 2 amide bonds. The van der Waals surface area contributed by atoms with E-state index in [9.17, 15) is 9.59 Å². The maximum atomic E-state index is 13.3. The average Bonchev–Trinajstić information content (AvgIpc) is 3.00. The minimum Gasteiger partial charge on any atom is -0.350 e. The Bertz CT molecular complexity index is 1150. The van der Waals surface area contributed by atoms with E-state index in [-0.39, 0.29) is 24.1 Å². The Labute approximate surface area is 191 Å². The number of benzene rings is 3. The van der Waals surface area contributed by atoms with Crippen molar-refractivity contribution in [2.75, 3.05) is 5.32 Å². The molecule has 0 atom stereocenters. The number of rotatable bonds is 6. The molecule has 1 heterocycles. The van der Waals surface area contributed by atoms with Crippen molar-refractivity contribution in [1.29, 1.82) is 0 Å². The lowest BCUT2D eigenvalue weighted by atomic mass is 10.0. The molecule has 3 aromatic carbocycles. The number of halogens is 2. The Morgan fingerprint density at radius 2 is 1.29 bits per heavy atom. The Morgan fingerprint density at radius 3 is 1.87 bits per heavy atom. The largest absolute Gasteiger partial charge is 0.350 e. The molecule has 1 N–H and O–H groups in total. The molecule has 0 saturated carbocycles. The summed E-state index contributed by atoms with van der Waals surface area (Å²) in [7, 11) is 0. The molecule has 0 aromatic heterocycles. The molecule has 1 aliphatic rings. The zero-order valence-electron chi connectivity index (χ0n) is 16.9. The number of aryl methyl sites for hydroxylation is 1. The lowest BCUT2D eigenvalue weighted by Gasteiger charge is -2.15. The zero-order valence-corrected chi connectivity index (χ0v) is 18.4. The van der Waals surface area contributed by atoms with Crippen molar-refractivity contribution < 1.29 is 9.59 Å². The van der Waals surface area contributed by atoms with Gasteiger partial charge < -0.3 is 5.32 Å². The molecule has 6 heteroatoms. The van der Waals surface area contributed by atoms with E-state index in [4.69, 9.17) is 23.2 Å². The summed E-state index contributed by atoms with van der Waals surface area (Å²) in [5.74, 6) is -0.723. The molecule has 0 aliphatic carbocycles. The molecule has 4 nitrogen and oxygen atoms in total. The smallest absolute Gasteiger partial charge is 0.278 e. The number of hydrogen-bond donors (Lipinski definition) is 1. The van der Waals surface area contributed by atoms with Gasteiger partial charge in [0.25, 0.3) is 11.8 Å². The maximum absolute atomic E-state index is 13.3. The van der Waals surface area contributed by atoms with E-state index in [1.54, 1.807) is 48.5 Å². The first-order valence-electron chi connectivity index (χ1n) is 9.93. The first-order valence-corrected chi connectivity index (χ1v) is 10.7. The molecule has 156 valence electrons. The van der Waals surface area contributed by atoms with E-state index in [0.29, 0.717) is 21.2 Å². The number of carbonyl (C=O) groups is 2. The first kappa shape index (κ1) is 21.2. The highest BCUT2D eigenvalue weighted by Crippen LogP contribution is 2.32. The summed E-state index contributed by atoms with van der Waals surface area (Å²) in [5, 5.41) is 4.33. The molecular formula is C25H20Cl2N2O2. The number of amides is 2. The fraction of sp³-hybridized carbons (Fsp3) is 0.120. The first-order chi connectivity index (χ1) is 15.0. The van der Waals surface area contributed by atoms with Gasteiger partial charge in [-0.1, -0.05) is 66.5 Å². The molecule has 3 aromatic rings. The van der Waals surface area contributed by atoms with E-state index in [2.05, 4.69) is 12.2 Å². The monoisotopic (exact) mass is 450 g/mol. The minimum absolute atomic E-state index is 0.159. The SMILES string of the molecule is CCc1ccc(NC2=C(c3ccc(Cl)cc3)C(=O)N(Cc3ccc(Cl)cc3)C2=O)cc1. The van der Waals surface area contributed by atoms with Crippen LogP contribution in [-0.4, -0.2) is 16.7 Å². The Hall–Kier alpha value is -3.08. The lowest BCUT2D eigenvalue weighted by molar-refractivity contribution is -0.137. The number of nitrogens with zero attached hydrogens (tertiary/aromatic N) is 1. The van der Waals surface area contributed by atoms with Crippen molar-refractivity contribution in [3.8, 4) is 0 Å². The van der Waals surface area contributed by atoms with Crippen LogP contribution in [0, 0.1) is 0 Å². The van der Waals surface area contributed by atoms with Gasteiger partial charge in [0.2, 0.25) is 0 Å². The maximum Gasteiger partial charge on any atom is 0.278 e. The third-order valence-electron chi connectivity index (χ3n) is 5.19. The van der Waals surface area contributed by atoms with Crippen LogP contribution in [0.15, 0.2) is 78.5 Å². The third kappa shape index (κ3) is 4.50. The highest BCUT2D eigenvalue weighted by molar-refractivity contribution is 6.37. The molecular weight excluding hydrogens is 431 g/mol. The van der Waals surface area contributed by atoms with Crippen molar-refractivity contribution in [3.05, 3.63) is 105 Å². The summed E-state index contributed by atoms with van der Waals surface area (Å²) >= 11 is 12.0. The third-order valence-corrected chi connectivity index (χ3v) is 5.69. The average molecular weight is 451 g/mol. The number of imide groups is 1. The van der Waals surface area contributed by atoms with Crippen LogP contribution >= 0.6 is 23.2 Å². The van der Waals surface area contributed by atoms with Crippen LogP contribution in [0.3, 0.4) is 0 Å². The quantitative estimate of drug-likeness (QED) is 0.472.